The van der Waals surface area contributed by atoms with Crippen molar-refractivity contribution in [1.82, 2.24) is 4.98 Å². The fraction of sp³-hybridized carbons (Fsp3) is 0.250. The highest BCUT2D eigenvalue weighted by Crippen LogP contribution is 2.29. The summed E-state index contributed by atoms with van der Waals surface area (Å²) in [4.78, 5) is 15.8. The number of benzene rings is 1. The number of pyridine rings is 1. The van der Waals surface area contributed by atoms with Crippen molar-refractivity contribution in [1.29, 1.82) is 0 Å². The number of aromatic nitrogens is 1. The number of methoxy groups -OCH3 is 2. The first-order chi connectivity index (χ1) is 10.2. The molecule has 0 spiro atoms. The molecule has 0 fully saturated rings. The molecule has 0 aliphatic heterocycles. The Balaban J connectivity index is 2.21. The average molecular weight is 287 g/mol. The van der Waals surface area contributed by atoms with Crippen molar-refractivity contribution in [3.05, 3.63) is 53.3 Å². The lowest BCUT2D eigenvalue weighted by molar-refractivity contribution is 0.0600. The smallest absolute Gasteiger partial charge is 0.337 e. The number of aryl methyl sites for hydroxylation is 1. The van der Waals surface area contributed by atoms with Crippen LogP contribution in [-0.4, -0.2) is 25.2 Å². The zero-order valence-electron chi connectivity index (χ0n) is 12.3. The van der Waals surface area contributed by atoms with Crippen molar-refractivity contribution in [2.24, 2.45) is 0 Å². The molecule has 0 amide bonds. The zero-order chi connectivity index (χ0) is 15.2. The van der Waals surface area contributed by atoms with Gasteiger partial charge in [-0.1, -0.05) is 6.07 Å². The summed E-state index contributed by atoms with van der Waals surface area (Å²) in [5, 5.41) is 0. The van der Waals surface area contributed by atoms with Crippen LogP contribution in [0.2, 0.25) is 0 Å². The molecule has 0 aliphatic carbocycles. The second kappa shape index (κ2) is 6.74. The van der Waals surface area contributed by atoms with Gasteiger partial charge in [0.2, 0.25) is 0 Å². The van der Waals surface area contributed by atoms with E-state index in [1.807, 2.05) is 19.1 Å². The van der Waals surface area contributed by atoms with Crippen molar-refractivity contribution in [3.8, 4) is 11.5 Å². The summed E-state index contributed by atoms with van der Waals surface area (Å²) in [6.07, 6.45) is 1.72. The van der Waals surface area contributed by atoms with Crippen LogP contribution in [0.3, 0.4) is 0 Å². The van der Waals surface area contributed by atoms with Crippen molar-refractivity contribution >= 4 is 5.97 Å². The highest BCUT2D eigenvalue weighted by molar-refractivity contribution is 5.90. The van der Waals surface area contributed by atoms with Crippen LogP contribution >= 0.6 is 0 Å². The standard InChI is InChI=1S/C16H17NO4/c1-11-5-4-8-17-13(11)10-21-15-9-12(16(18)20-3)6-7-14(15)19-2/h4-9H,10H2,1-3H3. The van der Waals surface area contributed by atoms with Gasteiger partial charge in [0.1, 0.15) is 6.61 Å². The maximum atomic E-state index is 11.6. The van der Waals surface area contributed by atoms with E-state index in [-0.39, 0.29) is 0 Å². The molecule has 0 N–H and O–H groups in total. The molecule has 2 rings (SSSR count). The molecule has 5 nitrogen and oxygen atoms in total. The summed E-state index contributed by atoms with van der Waals surface area (Å²) in [5.41, 5.74) is 2.29. The molecule has 1 aromatic carbocycles. The molecule has 1 aromatic heterocycles. The molecule has 0 radical (unpaired) electrons. The van der Waals surface area contributed by atoms with Crippen molar-refractivity contribution in [3.63, 3.8) is 0 Å². The van der Waals surface area contributed by atoms with Crippen molar-refractivity contribution in [2.75, 3.05) is 14.2 Å². The highest BCUT2D eigenvalue weighted by Gasteiger charge is 2.12. The normalized spacial score (nSPS) is 10.0. The van der Waals surface area contributed by atoms with E-state index in [1.54, 1.807) is 31.5 Å². The number of esters is 1. The third kappa shape index (κ3) is 3.51. The molecule has 21 heavy (non-hydrogen) atoms. The number of hydrogen-bond acceptors (Lipinski definition) is 5. The molecule has 0 bridgehead atoms. The van der Waals surface area contributed by atoms with Crippen molar-refractivity contribution in [2.45, 2.75) is 13.5 Å². The Labute approximate surface area is 123 Å². The lowest BCUT2D eigenvalue weighted by Gasteiger charge is -2.12. The monoisotopic (exact) mass is 287 g/mol. The summed E-state index contributed by atoms with van der Waals surface area (Å²) in [7, 11) is 2.89. The third-order valence-corrected chi connectivity index (χ3v) is 3.07. The molecule has 0 atom stereocenters. The zero-order valence-corrected chi connectivity index (χ0v) is 12.3. The van der Waals surface area contributed by atoms with E-state index >= 15 is 0 Å². The summed E-state index contributed by atoms with van der Waals surface area (Å²) < 4.78 is 15.7. The first-order valence-corrected chi connectivity index (χ1v) is 6.45. The second-order valence-electron chi connectivity index (χ2n) is 4.41. The molecular weight excluding hydrogens is 270 g/mol. The fourth-order valence-electron chi connectivity index (χ4n) is 1.85. The molecule has 5 heteroatoms. The molecule has 1 heterocycles. The number of carbonyl (C=O) groups is 1. The molecule has 0 saturated heterocycles. The van der Waals surface area contributed by atoms with E-state index in [2.05, 4.69) is 4.98 Å². The predicted molar refractivity (Wildman–Crippen MR) is 77.6 cm³/mol. The summed E-state index contributed by atoms with van der Waals surface area (Å²) in [5.74, 6) is 0.609. The van der Waals surface area contributed by atoms with E-state index in [1.165, 1.54) is 7.11 Å². The first-order valence-electron chi connectivity index (χ1n) is 6.45. The predicted octanol–water partition coefficient (Wildman–Crippen LogP) is 2.76. The first kappa shape index (κ1) is 14.8. The minimum absolute atomic E-state index is 0.299. The Bertz CT molecular complexity index is 640. The Morgan fingerprint density at radius 2 is 2.00 bits per heavy atom. The Morgan fingerprint density at radius 3 is 2.67 bits per heavy atom. The van der Waals surface area contributed by atoms with Gasteiger partial charge >= 0.3 is 5.97 Å². The van der Waals surface area contributed by atoms with Gasteiger partial charge in [-0.15, -0.1) is 0 Å². The van der Waals surface area contributed by atoms with Gasteiger partial charge in [0.05, 0.1) is 25.5 Å². The van der Waals surface area contributed by atoms with Gasteiger partial charge in [-0.3, -0.25) is 4.98 Å². The minimum Gasteiger partial charge on any atom is -0.493 e. The van der Waals surface area contributed by atoms with Gasteiger partial charge in [0.25, 0.3) is 0 Å². The van der Waals surface area contributed by atoms with E-state index in [0.29, 0.717) is 23.7 Å². The van der Waals surface area contributed by atoms with Crippen LogP contribution in [0.15, 0.2) is 36.5 Å². The molecule has 0 saturated carbocycles. The van der Waals surface area contributed by atoms with E-state index < -0.39 is 5.97 Å². The van der Waals surface area contributed by atoms with Crippen molar-refractivity contribution < 1.29 is 19.0 Å². The summed E-state index contributed by atoms with van der Waals surface area (Å²) in [6.45, 7) is 2.27. The Kier molecular flexibility index (Phi) is 4.77. The lowest BCUT2D eigenvalue weighted by Crippen LogP contribution is -2.05. The largest absolute Gasteiger partial charge is 0.493 e. The summed E-state index contributed by atoms with van der Waals surface area (Å²) in [6, 6.07) is 8.74. The number of nitrogens with zero attached hydrogens (tertiary/aromatic N) is 1. The van der Waals surface area contributed by atoms with Gasteiger partial charge in [-0.05, 0) is 36.8 Å². The number of ether oxygens (including phenoxy) is 3. The topological polar surface area (TPSA) is 57.7 Å². The Hall–Kier alpha value is -2.56. The van der Waals surface area contributed by atoms with Crippen LogP contribution in [0.1, 0.15) is 21.6 Å². The maximum Gasteiger partial charge on any atom is 0.337 e. The van der Waals surface area contributed by atoms with E-state index in [4.69, 9.17) is 14.2 Å². The lowest BCUT2D eigenvalue weighted by atomic mass is 10.2. The van der Waals surface area contributed by atoms with E-state index in [9.17, 15) is 4.79 Å². The number of hydrogen-bond donors (Lipinski definition) is 0. The third-order valence-electron chi connectivity index (χ3n) is 3.07. The van der Waals surface area contributed by atoms with Crippen LogP contribution < -0.4 is 9.47 Å². The SMILES string of the molecule is COC(=O)c1ccc(OC)c(OCc2ncccc2C)c1. The quantitative estimate of drug-likeness (QED) is 0.791. The van der Waals surface area contributed by atoms with Crippen LogP contribution in [0.4, 0.5) is 0 Å². The molecule has 0 unspecified atom stereocenters. The van der Waals surface area contributed by atoms with Gasteiger partial charge < -0.3 is 14.2 Å². The minimum atomic E-state index is -0.420. The highest BCUT2D eigenvalue weighted by atomic mass is 16.5. The number of rotatable bonds is 5. The number of carbonyl (C=O) groups excluding carboxylic acids is 1. The van der Waals surface area contributed by atoms with Gasteiger partial charge in [0, 0.05) is 6.20 Å². The van der Waals surface area contributed by atoms with Crippen LogP contribution in [-0.2, 0) is 11.3 Å². The van der Waals surface area contributed by atoms with Crippen LogP contribution in [0, 0.1) is 6.92 Å². The van der Waals surface area contributed by atoms with Crippen LogP contribution in [0.5, 0.6) is 11.5 Å². The summed E-state index contributed by atoms with van der Waals surface area (Å²) >= 11 is 0. The second-order valence-corrected chi connectivity index (χ2v) is 4.41. The molecule has 2 aromatic rings. The van der Waals surface area contributed by atoms with Gasteiger partial charge in [-0.25, -0.2) is 4.79 Å². The van der Waals surface area contributed by atoms with Crippen LogP contribution in [0.25, 0.3) is 0 Å². The molecular formula is C16H17NO4. The van der Waals surface area contributed by atoms with Gasteiger partial charge in [0.15, 0.2) is 11.5 Å². The molecule has 0 aliphatic rings. The maximum absolute atomic E-state index is 11.6. The Morgan fingerprint density at radius 1 is 1.19 bits per heavy atom. The van der Waals surface area contributed by atoms with E-state index in [0.717, 1.165) is 11.3 Å². The fourth-order valence-corrected chi connectivity index (χ4v) is 1.85. The van der Waals surface area contributed by atoms with Gasteiger partial charge in [-0.2, -0.15) is 0 Å². The average Bonchev–Trinajstić information content (AvgIpc) is 2.53. The molecule has 110 valence electrons.